The number of carbonyl (C=O) groups excluding carboxylic acids is 1. The fourth-order valence-corrected chi connectivity index (χ4v) is 2.63. The number of amides is 1. The third-order valence-corrected chi connectivity index (χ3v) is 4.17. The molecule has 0 bridgehead atoms. The topological polar surface area (TPSA) is 78.7 Å². The number of benzene rings is 1. The Bertz CT molecular complexity index is 750. The summed E-state index contributed by atoms with van der Waals surface area (Å²) in [6.07, 6.45) is 2.37. The molecule has 0 aliphatic heterocycles. The summed E-state index contributed by atoms with van der Waals surface area (Å²) in [5.41, 5.74) is 2.97. The number of carbonyl (C=O) groups is 1. The number of anilines is 1. The summed E-state index contributed by atoms with van der Waals surface area (Å²) in [6.45, 7) is 5.86. The molecule has 0 aliphatic rings. The lowest BCUT2D eigenvalue weighted by atomic mass is 10.0. The zero-order valence-electron chi connectivity index (χ0n) is 12.7. The Labute approximate surface area is 133 Å². The lowest BCUT2D eigenvalue weighted by Gasteiger charge is -2.05. The molecule has 1 aromatic heterocycles. The van der Waals surface area contributed by atoms with Gasteiger partial charge in [0.25, 0.3) is 5.91 Å². The first-order valence-corrected chi connectivity index (χ1v) is 7.68. The maximum absolute atomic E-state index is 12.2. The van der Waals surface area contributed by atoms with E-state index >= 15 is 0 Å². The molecule has 0 saturated heterocycles. The molecular weight excluding hydrogens is 296 g/mol. The average Bonchev–Trinajstić information content (AvgIpc) is 2.94. The summed E-state index contributed by atoms with van der Waals surface area (Å²) < 4.78 is 0. The number of hydrogen-bond donors (Lipinski definition) is 1. The summed E-state index contributed by atoms with van der Waals surface area (Å²) in [5.74, 6) is -0.469. The minimum absolute atomic E-state index is 0.0469. The van der Waals surface area contributed by atoms with Crippen molar-refractivity contribution in [3.8, 4) is 6.07 Å². The van der Waals surface area contributed by atoms with E-state index in [1.54, 1.807) is 6.08 Å². The van der Waals surface area contributed by atoms with Crippen LogP contribution in [0, 0.1) is 25.2 Å². The molecule has 2 aromatic rings. The number of nitrogens with zero attached hydrogens (tertiary/aromatic N) is 3. The van der Waals surface area contributed by atoms with Crippen LogP contribution in [0.4, 0.5) is 5.13 Å². The van der Waals surface area contributed by atoms with Gasteiger partial charge in [0.15, 0.2) is 0 Å². The molecule has 2 rings (SSSR count). The largest absolute Gasteiger partial charge is 0.296 e. The highest BCUT2D eigenvalue weighted by atomic mass is 32.1. The quantitative estimate of drug-likeness (QED) is 0.694. The number of aromatic nitrogens is 2. The van der Waals surface area contributed by atoms with Crippen molar-refractivity contribution in [2.45, 2.75) is 27.2 Å². The van der Waals surface area contributed by atoms with Crippen LogP contribution in [-0.2, 0) is 11.2 Å². The Morgan fingerprint density at radius 3 is 2.59 bits per heavy atom. The lowest BCUT2D eigenvalue weighted by molar-refractivity contribution is -0.112. The fraction of sp³-hybridized carbons (Fsp3) is 0.250. The number of hydrogen-bond acceptors (Lipinski definition) is 5. The number of nitriles is 1. The number of nitrogens with one attached hydrogen (secondary N) is 1. The average molecular weight is 312 g/mol. The van der Waals surface area contributed by atoms with Gasteiger partial charge in [-0.05, 0) is 43.0 Å². The molecule has 6 heteroatoms. The van der Waals surface area contributed by atoms with E-state index < -0.39 is 5.91 Å². The highest BCUT2D eigenvalue weighted by Crippen LogP contribution is 2.19. The highest BCUT2D eigenvalue weighted by Gasteiger charge is 2.13. The molecule has 0 spiro atoms. The molecule has 0 aliphatic carbocycles. The van der Waals surface area contributed by atoms with Gasteiger partial charge in [-0.25, -0.2) is 0 Å². The molecule has 0 fully saturated rings. The SMILES string of the molecule is CCc1nnc(NC(=O)/C(C#N)=C/c2c(C)cccc2C)s1. The van der Waals surface area contributed by atoms with Crippen LogP contribution in [0.5, 0.6) is 0 Å². The zero-order valence-corrected chi connectivity index (χ0v) is 13.5. The van der Waals surface area contributed by atoms with Crippen LogP contribution in [0.3, 0.4) is 0 Å². The van der Waals surface area contributed by atoms with E-state index in [9.17, 15) is 10.1 Å². The molecule has 0 unspecified atom stereocenters. The molecular formula is C16H16N4OS. The molecule has 112 valence electrons. The van der Waals surface area contributed by atoms with Crippen LogP contribution >= 0.6 is 11.3 Å². The Hall–Kier alpha value is -2.52. The first kappa shape index (κ1) is 15.9. The van der Waals surface area contributed by atoms with Crippen molar-refractivity contribution in [3.05, 3.63) is 45.5 Å². The van der Waals surface area contributed by atoms with Gasteiger partial charge in [0.2, 0.25) is 5.13 Å². The second-order valence-electron chi connectivity index (χ2n) is 4.78. The molecule has 1 heterocycles. The minimum atomic E-state index is -0.469. The molecule has 0 saturated carbocycles. The summed E-state index contributed by atoms with van der Waals surface area (Å²) in [5, 5.41) is 20.9. The third kappa shape index (κ3) is 3.57. The van der Waals surface area contributed by atoms with Crippen molar-refractivity contribution in [3.63, 3.8) is 0 Å². The molecule has 5 nitrogen and oxygen atoms in total. The second-order valence-corrected chi connectivity index (χ2v) is 5.85. The maximum Gasteiger partial charge on any atom is 0.268 e. The van der Waals surface area contributed by atoms with Crippen molar-refractivity contribution in [2.24, 2.45) is 0 Å². The van der Waals surface area contributed by atoms with Crippen LogP contribution in [0.15, 0.2) is 23.8 Å². The summed E-state index contributed by atoms with van der Waals surface area (Å²) >= 11 is 1.31. The van der Waals surface area contributed by atoms with E-state index in [-0.39, 0.29) is 5.57 Å². The standard InChI is InChI=1S/C16H16N4OS/c1-4-14-19-20-16(22-14)18-15(21)12(9-17)8-13-10(2)6-5-7-11(13)3/h5-8H,4H2,1-3H3,(H,18,20,21)/b12-8+. The molecule has 1 N–H and O–H groups in total. The number of rotatable bonds is 4. The van der Waals surface area contributed by atoms with E-state index in [0.717, 1.165) is 28.1 Å². The van der Waals surface area contributed by atoms with E-state index in [1.165, 1.54) is 11.3 Å². The van der Waals surface area contributed by atoms with Crippen LogP contribution in [-0.4, -0.2) is 16.1 Å². The normalized spacial score (nSPS) is 11.1. The van der Waals surface area contributed by atoms with Gasteiger partial charge in [-0.1, -0.05) is 36.5 Å². The lowest BCUT2D eigenvalue weighted by Crippen LogP contribution is -2.13. The van der Waals surface area contributed by atoms with Crippen LogP contribution in [0.2, 0.25) is 0 Å². The van der Waals surface area contributed by atoms with Crippen LogP contribution < -0.4 is 5.32 Å². The van der Waals surface area contributed by atoms with Gasteiger partial charge in [-0.3, -0.25) is 10.1 Å². The van der Waals surface area contributed by atoms with E-state index in [4.69, 9.17) is 0 Å². The molecule has 1 aromatic carbocycles. The van der Waals surface area contributed by atoms with Gasteiger partial charge in [0.05, 0.1) is 0 Å². The summed E-state index contributed by atoms with van der Waals surface area (Å²) in [7, 11) is 0. The van der Waals surface area contributed by atoms with Crippen molar-refractivity contribution >= 4 is 28.5 Å². The van der Waals surface area contributed by atoms with Crippen molar-refractivity contribution < 1.29 is 4.79 Å². The van der Waals surface area contributed by atoms with Crippen molar-refractivity contribution in [1.82, 2.24) is 10.2 Å². The smallest absolute Gasteiger partial charge is 0.268 e. The van der Waals surface area contributed by atoms with Crippen molar-refractivity contribution in [1.29, 1.82) is 5.26 Å². The van der Waals surface area contributed by atoms with E-state index in [1.807, 2.05) is 45.0 Å². The summed E-state index contributed by atoms with van der Waals surface area (Å²) in [4.78, 5) is 12.2. The van der Waals surface area contributed by atoms with Crippen molar-refractivity contribution in [2.75, 3.05) is 5.32 Å². The van der Waals surface area contributed by atoms with E-state index in [0.29, 0.717) is 5.13 Å². The van der Waals surface area contributed by atoms with Gasteiger partial charge in [-0.15, -0.1) is 10.2 Å². The van der Waals surface area contributed by atoms with Gasteiger partial charge >= 0.3 is 0 Å². The first-order chi connectivity index (χ1) is 10.5. The monoisotopic (exact) mass is 312 g/mol. The van der Waals surface area contributed by atoms with Gasteiger partial charge < -0.3 is 0 Å². The predicted molar refractivity (Wildman–Crippen MR) is 87.4 cm³/mol. The Kier molecular flexibility index (Phi) is 5.02. The first-order valence-electron chi connectivity index (χ1n) is 6.87. The molecule has 0 atom stereocenters. The Morgan fingerprint density at radius 2 is 2.05 bits per heavy atom. The van der Waals surface area contributed by atoms with E-state index in [2.05, 4.69) is 15.5 Å². The third-order valence-electron chi connectivity index (χ3n) is 3.19. The minimum Gasteiger partial charge on any atom is -0.296 e. The fourth-order valence-electron chi connectivity index (χ4n) is 1.96. The highest BCUT2D eigenvalue weighted by molar-refractivity contribution is 7.15. The molecule has 0 radical (unpaired) electrons. The second kappa shape index (κ2) is 6.96. The Balaban J connectivity index is 2.26. The Morgan fingerprint density at radius 1 is 1.36 bits per heavy atom. The van der Waals surface area contributed by atoms with Gasteiger partial charge in [0, 0.05) is 0 Å². The summed E-state index contributed by atoms with van der Waals surface area (Å²) in [6, 6.07) is 7.79. The molecule has 22 heavy (non-hydrogen) atoms. The maximum atomic E-state index is 12.2. The van der Waals surface area contributed by atoms with Gasteiger partial charge in [-0.2, -0.15) is 5.26 Å². The molecule has 1 amide bonds. The van der Waals surface area contributed by atoms with Gasteiger partial charge in [0.1, 0.15) is 16.6 Å². The predicted octanol–water partition coefficient (Wildman–Crippen LogP) is 3.26. The van der Waals surface area contributed by atoms with Crippen LogP contribution in [0.25, 0.3) is 6.08 Å². The van der Waals surface area contributed by atoms with Crippen LogP contribution in [0.1, 0.15) is 28.6 Å². The number of aryl methyl sites for hydroxylation is 3. The zero-order chi connectivity index (χ0) is 16.1.